The van der Waals surface area contributed by atoms with Crippen molar-refractivity contribution in [3.8, 4) is 5.75 Å². The van der Waals surface area contributed by atoms with Crippen LogP contribution < -0.4 is 9.64 Å². The molecule has 2 aromatic carbocycles. The van der Waals surface area contributed by atoms with E-state index in [-0.39, 0.29) is 23.9 Å². The van der Waals surface area contributed by atoms with Gasteiger partial charge in [0.2, 0.25) is 11.9 Å². The summed E-state index contributed by atoms with van der Waals surface area (Å²) in [5.41, 5.74) is 2.14. The highest BCUT2D eigenvalue weighted by Gasteiger charge is 2.40. The van der Waals surface area contributed by atoms with E-state index in [9.17, 15) is 4.79 Å². The first-order chi connectivity index (χ1) is 14.1. The monoisotopic (exact) mass is 390 g/mol. The van der Waals surface area contributed by atoms with Gasteiger partial charge >= 0.3 is 0 Å². The zero-order valence-electron chi connectivity index (χ0n) is 17.0. The van der Waals surface area contributed by atoms with Crippen molar-refractivity contribution in [2.45, 2.75) is 38.8 Å². The number of ether oxygens (including phenoxy) is 1. The molecule has 1 aromatic heterocycles. The van der Waals surface area contributed by atoms with Crippen molar-refractivity contribution >= 4 is 11.9 Å². The fourth-order valence-electron chi connectivity index (χ4n) is 4.09. The van der Waals surface area contributed by atoms with Crippen LogP contribution in [-0.2, 0) is 4.79 Å². The Morgan fingerprint density at radius 3 is 2.55 bits per heavy atom. The summed E-state index contributed by atoms with van der Waals surface area (Å²) in [5.74, 6) is 1.74. The zero-order chi connectivity index (χ0) is 20.4. The Kier molecular flexibility index (Phi) is 5.34. The van der Waals surface area contributed by atoms with Crippen molar-refractivity contribution in [2.75, 3.05) is 12.0 Å². The van der Waals surface area contributed by atoms with Gasteiger partial charge in [-0.05, 0) is 24.0 Å². The molecule has 1 amide bonds. The number of carbonyl (C=O) groups excluding carboxylic acids is 1. The lowest BCUT2D eigenvalue weighted by Gasteiger charge is -2.39. The molecule has 0 aliphatic carbocycles. The van der Waals surface area contributed by atoms with Gasteiger partial charge < -0.3 is 4.74 Å². The van der Waals surface area contributed by atoms with Gasteiger partial charge in [-0.2, -0.15) is 10.1 Å². The van der Waals surface area contributed by atoms with Gasteiger partial charge in [0, 0.05) is 12.0 Å². The average molecular weight is 390 g/mol. The number of anilines is 1. The molecule has 0 bridgehead atoms. The summed E-state index contributed by atoms with van der Waals surface area (Å²) in [6.45, 7) is 4.11. The van der Waals surface area contributed by atoms with Crippen LogP contribution in [0.4, 0.5) is 5.95 Å². The molecule has 2 heterocycles. The van der Waals surface area contributed by atoms with E-state index in [1.54, 1.807) is 7.11 Å². The molecule has 2 atom stereocenters. The molecular formula is C23H26N4O2. The lowest BCUT2D eigenvalue weighted by atomic mass is 9.91. The Hall–Kier alpha value is -3.15. The molecule has 1 aliphatic heterocycles. The first-order valence-electron chi connectivity index (χ1n) is 9.99. The van der Waals surface area contributed by atoms with Crippen LogP contribution in [0, 0.1) is 5.92 Å². The standard InChI is InChI=1S/C23H26N4O2/c1-16(2)13-22(28)26-19(17-9-5-4-6-10-17)14-20(27-23(26)24-15-25-27)18-11-7-8-12-21(18)29-3/h4-12,15-16,19-20H,13-14H2,1-3H3. The van der Waals surface area contributed by atoms with Gasteiger partial charge in [-0.3, -0.25) is 9.69 Å². The number of hydrogen-bond acceptors (Lipinski definition) is 4. The van der Waals surface area contributed by atoms with Crippen LogP contribution in [0.15, 0.2) is 60.9 Å². The molecule has 29 heavy (non-hydrogen) atoms. The summed E-state index contributed by atoms with van der Waals surface area (Å²) in [6.07, 6.45) is 2.70. The van der Waals surface area contributed by atoms with Crippen molar-refractivity contribution in [3.05, 3.63) is 72.1 Å². The maximum Gasteiger partial charge on any atom is 0.231 e. The molecular weight excluding hydrogens is 364 g/mol. The van der Waals surface area contributed by atoms with Crippen LogP contribution in [0.2, 0.25) is 0 Å². The molecule has 4 rings (SSSR count). The van der Waals surface area contributed by atoms with Gasteiger partial charge in [-0.25, -0.2) is 4.68 Å². The van der Waals surface area contributed by atoms with Crippen LogP contribution in [0.1, 0.15) is 49.9 Å². The fourth-order valence-corrected chi connectivity index (χ4v) is 4.09. The summed E-state index contributed by atoms with van der Waals surface area (Å²) >= 11 is 0. The van der Waals surface area contributed by atoms with Crippen molar-refractivity contribution in [2.24, 2.45) is 5.92 Å². The number of rotatable bonds is 5. The highest BCUT2D eigenvalue weighted by atomic mass is 16.5. The zero-order valence-corrected chi connectivity index (χ0v) is 17.0. The van der Waals surface area contributed by atoms with Crippen LogP contribution in [0.25, 0.3) is 0 Å². The molecule has 1 aliphatic rings. The second-order valence-electron chi connectivity index (χ2n) is 7.79. The molecule has 0 saturated heterocycles. The largest absolute Gasteiger partial charge is 0.496 e. The number of benzene rings is 2. The number of aromatic nitrogens is 3. The number of hydrogen-bond donors (Lipinski definition) is 0. The molecule has 6 nitrogen and oxygen atoms in total. The predicted octanol–water partition coefficient (Wildman–Crippen LogP) is 4.40. The van der Waals surface area contributed by atoms with Gasteiger partial charge in [0.1, 0.15) is 12.1 Å². The van der Waals surface area contributed by atoms with E-state index in [0.717, 1.165) is 16.9 Å². The number of amides is 1. The maximum atomic E-state index is 13.2. The predicted molar refractivity (Wildman–Crippen MR) is 112 cm³/mol. The topological polar surface area (TPSA) is 60.2 Å². The van der Waals surface area contributed by atoms with Gasteiger partial charge in [0.25, 0.3) is 0 Å². The van der Waals surface area contributed by atoms with E-state index in [1.807, 2.05) is 46.0 Å². The molecule has 150 valence electrons. The Morgan fingerprint density at radius 1 is 1.10 bits per heavy atom. The van der Waals surface area contributed by atoms with Gasteiger partial charge in [0.15, 0.2) is 0 Å². The molecule has 6 heteroatoms. The van der Waals surface area contributed by atoms with Crippen LogP contribution in [0.5, 0.6) is 5.75 Å². The van der Waals surface area contributed by atoms with Crippen molar-refractivity contribution in [3.63, 3.8) is 0 Å². The molecule has 0 radical (unpaired) electrons. The highest BCUT2D eigenvalue weighted by Crippen LogP contribution is 2.44. The van der Waals surface area contributed by atoms with E-state index in [0.29, 0.717) is 18.8 Å². The SMILES string of the molecule is COc1ccccc1C1CC(c2ccccc2)N(C(=O)CC(C)C)c2ncnn21. The third kappa shape index (κ3) is 3.62. The number of fused-ring (bicyclic) bond motifs is 1. The molecule has 0 fully saturated rings. The van der Waals surface area contributed by atoms with Gasteiger partial charge in [-0.15, -0.1) is 0 Å². The number of nitrogens with zero attached hydrogens (tertiary/aromatic N) is 4. The Labute approximate surface area is 171 Å². The summed E-state index contributed by atoms with van der Waals surface area (Å²) < 4.78 is 7.47. The van der Waals surface area contributed by atoms with Gasteiger partial charge in [-0.1, -0.05) is 62.4 Å². The number of para-hydroxylation sites is 1. The first kappa shape index (κ1) is 19.2. The second kappa shape index (κ2) is 8.07. The Balaban J connectivity index is 1.84. The fraction of sp³-hybridized carbons (Fsp3) is 0.348. The minimum absolute atomic E-state index is 0.0709. The van der Waals surface area contributed by atoms with E-state index in [4.69, 9.17) is 4.74 Å². The van der Waals surface area contributed by atoms with Crippen molar-refractivity contribution in [1.82, 2.24) is 14.8 Å². The number of carbonyl (C=O) groups is 1. The molecule has 0 saturated carbocycles. The average Bonchev–Trinajstić information content (AvgIpc) is 3.22. The third-order valence-corrected chi connectivity index (χ3v) is 5.36. The molecule has 0 spiro atoms. The number of methoxy groups -OCH3 is 1. The normalized spacial score (nSPS) is 18.6. The van der Waals surface area contributed by atoms with Crippen LogP contribution in [0.3, 0.4) is 0 Å². The van der Waals surface area contributed by atoms with Crippen LogP contribution in [-0.4, -0.2) is 27.8 Å². The van der Waals surface area contributed by atoms with E-state index < -0.39 is 0 Å². The first-order valence-corrected chi connectivity index (χ1v) is 9.99. The second-order valence-corrected chi connectivity index (χ2v) is 7.79. The van der Waals surface area contributed by atoms with E-state index in [1.165, 1.54) is 6.33 Å². The summed E-state index contributed by atoms with van der Waals surface area (Å²) in [6, 6.07) is 18.0. The smallest absolute Gasteiger partial charge is 0.231 e. The summed E-state index contributed by atoms with van der Waals surface area (Å²) in [4.78, 5) is 19.6. The van der Waals surface area contributed by atoms with Crippen molar-refractivity contribution in [1.29, 1.82) is 0 Å². The summed E-state index contributed by atoms with van der Waals surface area (Å²) in [5, 5.41) is 4.49. The lowest BCUT2D eigenvalue weighted by Crippen LogP contribution is -2.43. The highest BCUT2D eigenvalue weighted by molar-refractivity contribution is 5.93. The lowest BCUT2D eigenvalue weighted by molar-refractivity contribution is -0.120. The Morgan fingerprint density at radius 2 is 1.83 bits per heavy atom. The minimum atomic E-state index is -0.117. The maximum absolute atomic E-state index is 13.2. The molecule has 3 aromatic rings. The van der Waals surface area contributed by atoms with Crippen molar-refractivity contribution < 1.29 is 9.53 Å². The quantitative estimate of drug-likeness (QED) is 0.648. The minimum Gasteiger partial charge on any atom is -0.496 e. The van der Waals surface area contributed by atoms with Crippen LogP contribution >= 0.6 is 0 Å². The summed E-state index contributed by atoms with van der Waals surface area (Å²) in [7, 11) is 1.68. The molecule has 2 unspecified atom stereocenters. The third-order valence-electron chi connectivity index (χ3n) is 5.36. The van der Waals surface area contributed by atoms with E-state index in [2.05, 4.69) is 42.1 Å². The van der Waals surface area contributed by atoms with Gasteiger partial charge in [0.05, 0.1) is 19.2 Å². The Bertz CT molecular complexity index is 983. The van der Waals surface area contributed by atoms with E-state index >= 15 is 0 Å². The molecule has 0 N–H and O–H groups in total.